The third-order valence-electron chi connectivity index (χ3n) is 14.8. The highest BCUT2D eigenvalue weighted by Gasteiger charge is 2.48. The fraction of sp³-hybridized carbons (Fsp3) is 0.0645. The van der Waals surface area contributed by atoms with Crippen molar-refractivity contribution in [3.05, 3.63) is 252 Å². The van der Waals surface area contributed by atoms with Gasteiger partial charge in [-0.25, -0.2) is 0 Å². The van der Waals surface area contributed by atoms with E-state index in [1.807, 2.05) is 11.8 Å². The zero-order chi connectivity index (χ0) is 43.0. The number of nitrogens with zero attached hydrogens (tertiary/aromatic N) is 2. The Kier molecular flexibility index (Phi) is 7.63. The molecule has 11 aromatic rings. The molecule has 0 saturated heterocycles. The summed E-state index contributed by atoms with van der Waals surface area (Å²) in [5.74, 6) is 0. The minimum Gasteiger partial charge on any atom is -0.310 e. The average molecular weight is 847 g/mol. The summed E-state index contributed by atoms with van der Waals surface area (Å²) in [6, 6.07) is 82.0. The summed E-state index contributed by atoms with van der Waals surface area (Å²) in [7, 11) is 0. The van der Waals surface area contributed by atoms with E-state index in [1.165, 1.54) is 104 Å². The summed E-state index contributed by atoms with van der Waals surface area (Å²) >= 11 is 1.89. The van der Waals surface area contributed by atoms with Crippen LogP contribution in [-0.4, -0.2) is 4.57 Å². The lowest BCUT2D eigenvalue weighted by atomic mass is 9.59. The second-order valence-corrected chi connectivity index (χ2v) is 19.5. The second-order valence-electron chi connectivity index (χ2n) is 18.4. The van der Waals surface area contributed by atoms with Gasteiger partial charge in [0.05, 0.1) is 22.1 Å². The van der Waals surface area contributed by atoms with Gasteiger partial charge in [-0.3, -0.25) is 0 Å². The molecule has 0 unspecified atom stereocenters. The van der Waals surface area contributed by atoms with E-state index in [4.69, 9.17) is 0 Å². The number of benzene rings is 10. The lowest BCUT2D eigenvalue weighted by Crippen LogP contribution is -2.36. The van der Waals surface area contributed by atoms with Gasteiger partial charge < -0.3 is 9.47 Å². The van der Waals surface area contributed by atoms with Gasteiger partial charge >= 0.3 is 0 Å². The summed E-state index contributed by atoms with van der Waals surface area (Å²) in [6.07, 6.45) is 0. The van der Waals surface area contributed by atoms with Crippen LogP contribution in [0, 0.1) is 0 Å². The van der Waals surface area contributed by atoms with Gasteiger partial charge in [0.15, 0.2) is 0 Å². The predicted molar refractivity (Wildman–Crippen MR) is 272 cm³/mol. The van der Waals surface area contributed by atoms with Crippen molar-refractivity contribution >= 4 is 61.4 Å². The van der Waals surface area contributed by atoms with E-state index in [1.54, 1.807) is 0 Å². The maximum absolute atomic E-state index is 2.48. The number of hydrogen-bond acceptors (Lipinski definition) is 2. The molecule has 2 heterocycles. The van der Waals surface area contributed by atoms with Crippen molar-refractivity contribution in [2.45, 2.75) is 34.5 Å². The minimum absolute atomic E-state index is 0.0444. The normalized spacial score (nSPS) is 14.5. The first-order valence-corrected chi connectivity index (χ1v) is 23.5. The molecule has 0 fully saturated rings. The summed E-state index contributed by atoms with van der Waals surface area (Å²) in [5.41, 5.74) is 19.8. The fourth-order valence-electron chi connectivity index (χ4n) is 12.1. The van der Waals surface area contributed by atoms with E-state index >= 15 is 0 Å². The van der Waals surface area contributed by atoms with Gasteiger partial charge in [0.25, 0.3) is 0 Å². The predicted octanol–water partition coefficient (Wildman–Crippen LogP) is 16.5. The zero-order valence-electron chi connectivity index (χ0n) is 36.1. The number of aromatic nitrogens is 1. The van der Waals surface area contributed by atoms with Crippen LogP contribution in [0.25, 0.3) is 60.5 Å². The Labute approximate surface area is 383 Å². The lowest BCUT2D eigenvalue weighted by Gasteiger charge is -2.46. The Morgan fingerprint density at radius 3 is 1.77 bits per heavy atom. The van der Waals surface area contributed by atoms with E-state index in [0.717, 1.165) is 17.1 Å². The van der Waals surface area contributed by atoms with Crippen LogP contribution in [0.5, 0.6) is 0 Å². The lowest BCUT2D eigenvalue weighted by molar-refractivity contribution is 0.660. The van der Waals surface area contributed by atoms with Gasteiger partial charge in [-0.1, -0.05) is 177 Å². The Morgan fingerprint density at radius 1 is 0.385 bits per heavy atom. The highest BCUT2D eigenvalue weighted by molar-refractivity contribution is 7.99. The third kappa shape index (κ3) is 4.91. The molecule has 0 atom stereocenters. The minimum atomic E-state index is -0.492. The Hall–Kier alpha value is -7.59. The molecule has 1 aliphatic heterocycles. The molecule has 306 valence electrons. The van der Waals surface area contributed by atoms with Crippen LogP contribution in [0.15, 0.2) is 228 Å². The highest BCUT2D eigenvalue weighted by atomic mass is 32.2. The molecule has 10 aromatic carbocycles. The van der Waals surface area contributed by atoms with Crippen molar-refractivity contribution in [1.29, 1.82) is 0 Å². The average Bonchev–Trinajstić information content (AvgIpc) is 3.81. The second kappa shape index (κ2) is 13.5. The molecular formula is C62H42N2S. The molecule has 1 spiro atoms. The van der Waals surface area contributed by atoms with E-state index in [2.05, 4.69) is 242 Å². The van der Waals surface area contributed by atoms with E-state index in [0.29, 0.717) is 0 Å². The van der Waals surface area contributed by atoms with Crippen LogP contribution in [0.2, 0.25) is 0 Å². The molecule has 3 aliphatic rings. The van der Waals surface area contributed by atoms with Gasteiger partial charge in [-0.15, -0.1) is 0 Å². The molecule has 0 saturated carbocycles. The third-order valence-corrected chi connectivity index (χ3v) is 16.0. The largest absolute Gasteiger partial charge is 0.310 e. The quantitative estimate of drug-likeness (QED) is 0.174. The van der Waals surface area contributed by atoms with E-state index in [9.17, 15) is 0 Å². The van der Waals surface area contributed by atoms with Gasteiger partial charge in [-0.2, -0.15) is 0 Å². The summed E-state index contributed by atoms with van der Waals surface area (Å²) < 4.78 is 2.47. The number of para-hydroxylation sites is 2. The number of fused-ring (bicyclic) bond motifs is 14. The molecule has 65 heavy (non-hydrogen) atoms. The molecule has 2 aliphatic carbocycles. The van der Waals surface area contributed by atoms with Gasteiger partial charge in [0.2, 0.25) is 0 Å². The van der Waals surface area contributed by atoms with Crippen LogP contribution in [0.3, 0.4) is 0 Å². The molecule has 0 amide bonds. The molecule has 3 heteroatoms. The van der Waals surface area contributed by atoms with Crippen molar-refractivity contribution in [3.8, 4) is 27.9 Å². The van der Waals surface area contributed by atoms with Crippen molar-refractivity contribution < 1.29 is 0 Å². The van der Waals surface area contributed by atoms with E-state index < -0.39 is 5.41 Å². The monoisotopic (exact) mass is 846 g/mol. The number of anilines is 3. The zero-order valence-corrected chi connectivity index (χ0v) is 36.9. The Bertz CT molecular complexity index is 3750. The molecule has 1 aromatic heterocycles. The fourth-order valence-corrected chi connectivity index (χ4v) is 13.3. The number of hydrogen-bond donors (Lipinski definition) is 0. The molecular weight excluding hydrogens is 805 g/mol. The summed E-state index contributed by atoms with van der Waals surface area (Å²) in [5, 5.41) is 5.00. The van der Waals surface area contributed by atoms with Crippen molar-refractivity contribution in [2.75, 3.05) is 4.90 Å². The van der Waals surface area contributed by atoms with Gasteiger partial charge in [0.1, 0.15) is 0 Å². The Balaban J connectivity index is 1.01. The topological polar surface area (TPSA) is 8.17 Å². The maximum atomic E-state index is 2.48. The SMILES string of the molecule is CC1(C)c2ccccc2-c2cc(-n3c4ccccc4c4cc(N(c5ccccc5)c5ccc6c7c(cccc57)C5(c7ccccc7Sc7ccccc75)c5ccccc5-6)ccc43)ccc21. The molecule has 0 bridgehead atoms. The standard InChI is InChI=1S/C62H42N2S/c1-61(2)49-23-9-6-20-43(49)47-37-41(31-34-50(47)61)64-55-28-13-8-21-44(55)48-38-40(32-35-57(48)64)63(39-17-4-3-5-18-39)56-36-33-45-42-19-7-10-24-51(42)62(54-27-16-22-46(56)60(45)54)52-25-11-14-29-58(52)65-59-30-15-12-26-53(59)62/h3-38H,1-2H3. The first-order chi connectivity index (χ1) is 32.0. The molecule has 0 N–H and O–H groups in total. The Morgan fingerprint density at radius 2 is 0.985 bits per heavy atom. The van der Waals surface area contributed by atoms with Gasteiger partial charge in [-0.05, 0) is 128 Å². The highest BCUT2D eigenvalue weighted by Crippen LogP contribution is 2.62. The molecule has 0 radical (unpaired) electrons. The first kappa shape index (κ1) is 36.8. The van der Waals surface area contributed by atoms with Gasteiger partial charge in [0, 0.05) is 48.4 Å². The summed E-state index contributed by atoms with van der Waals surface area (Å²) in [6.45, 7) is 4.71. The summed E-state index contributed by atoms with van der Waals surface area (Å²) in [4.78, 5) is 5.10. The van der Waals surface area contributed by atoms with Crippen LogP contribution in [0.1, 0.15) is 47.2 Å². The van der Waals surface area contributed by atoms with Crippen LogP contribution >= 0.6 is 11.8 Å². The van der Waals surface area contributed by atoms with Crippen molar-refractivity contribution in [3.63, 3.8) is 0 Å². The molecule has 14 rings (SSSR count). The first-order valence-electron chi connectivity index (χ1n) is 22.7. The van der Waals surface area contributed by atoms with E-state index in [-0.39, 0.29) is 5.41 Å². The maximum Gasteiger partial charge on any atom is 0.0735 e. The number of rotatable bonds is 4. The smallest absolute Gasteiger partial charge is 0.0735 e. The van der Waals surface area contributed by atoms with Crippen molar-refractivity contribution in [2.24, 2.45) is 0 Å². The van der Waals surface area contributed by atoms with Crippen LogP contribution in [-0.2, 0) is 10.8 Å². The van der Waals surface area contributed by atoms with Crippen LogP contribution in [0.4, 0.5) is 17.1 Å². The molecule has 2 nitrogen and oxygen atoms in total. The van der Waals surface area contributed by atoms with Crippen molar-refractivity contribution in [1.82, 2.24) is 4.57 Å². The van der Waals surface area contributed by atoms with Crippen LogP contribution < -0.4 is 4.90 Å².